The zero-order valence-electron chi connectivity index (χ0n) is 11.2. The zero-order valence-corrected chi connectivity index (χ0v) is 12.0. The quantitative estimate of drug-likeness (QED) is 0.931. The second-order valence-corrected chi connectivity index (χ2v) is 4.59. The summed E-state index contributed by atoms with van der Waals surface area (Å²) in [6.07, 6.45) is 0. The number of hydrogen-bond acceptors (Lipinski definition) is 4. The fourth-order valence-electron chi connectivity index (χ4n) is 1.75. The number of aromatic nitrogens is 2. The molecule has 0 unspecified atom stereocenters. The predicted molar refractivity (Wildman–Crippen MR) is 76.8 cm³/mol. The van der Waals surface area contributed by atoms with Gasteiger partial charge in [0, 0.05) is 17.6 Å². The van der Waals surface area contributed by atoms with E-state index < -0.39 is 0 Å². The maximum atomic E-state index is 6.09. The second kappa shape index (κ2) is 5.89. The van der Waals surface area contributed by atoms with Crippen LogP contribution in [0.1, 0.15) is 17.0 Å². The molecule has 0 radical (unpaired) electrons. The van der Waals surface area contributed by atoms with Crippen LogP contribution >= 0.6 is 11.6 Å². The van der Waals surface area contributed by atoms with Crippen LogP contribution in [-0.2, 0) is 6.61 Å². The minimum absolute atomic E-state index is 0.389. The number of benzene rings is 1. The summed E-state index contributed by atoms with van der Waals surface area (Å²) < 4.78 is 5.75. The van der Waals surface area contributed by atoms with Crippen LogP contribution in [0.2, 0.25) is 5.02 Å². The van der Waals surface area contributed by atoms with Gasteiger partial charge >= 0.3 is 0 Å². The Balaban J connectivity index is 2.20. The van der Waals surface area contributed by atoms with Gasteiger partial charge in [-0.1, -0.05) is 29.8 Å². The molecule has 1 aromatic heterocycles. The molecule has 0 saturated carbocycles. The van der Waals surface area contributed by atoms with Crippen molar-refractivity contribution in [3.63, 3.8) is 0 Å². The van der Waals surface area contributed by atoms with Crippen LogP contribution in [0.15, 0.2) is 24.3 Å². The summed E-state index contributed by atoms with van der Waals surface area (Å²) in [7, 11) is 1.83. The van der Waals surface area contributed by atoms with Gasteiger partial charge in [0.25, 0.3) is 0 Å². The van der Waals surface area contributed by atoms with Crippen molar-refractivity contribution in [1.29, 1.82) is 0 Å². The number of nitrogens with one attached hydrogen (secondary N) is 1. The molecule has 0 atom stereocenters. The first kappa shape index (κ1) is 13.6. The molecule has 0 saturated heterocycles. The van der Waals surface area contributed by atoms with Crippen LogP contribution in [0.5, 0.6) is 5.88 Å². The molecule has 1 heterocycles. The summed E-state index contributed by atoms with van der Waals surface area (Å²) in [4.78, 5) is 8.61. The molecule has 5 heteroatoms. The number of rotatable bonds is 4. The molecule has 19 heavy (non-hydrogen) atoms. The maximum absolute atomic E-state index is 6.09. The van der Waals surface area contributed by atoms with Crippen LogP contribution in [0.4, 0.5) is 5.82 Å². The molecular weight excluding hydrogens is 262 g/mol. The molecule has 0 aliphatic rings. The minimum atomic E-state index is 0.389. The summed E-state index contributed by atoms with van der Waals surface area (Å²) in [5.74, 6) is 2.03. The molecule has 0 spiro atoms. The highest BCUT2D eigenvalue weighted by atomic mass is 35.5. The van der Waals surface area contributed by atoms with E-state index in [1.54, 1.807) is 0 Å². The number of ether oxygens (including phenoxy) is 1. The van der Waals surface area contributed by atoms with Gasteiger partial charge in [-0.2, -0.15) is 4.98 Å². The highest BCUT2D eigenvalue weighted by molar-refractivity contribution is 6.31. The fourth-order valence-corrected chi connectivity index (χ4v) is 1.94. The van der Waals surface area contributed by atoms with E-state index in [1.807, 2.05) is 45.2 Å². The van der Waals surface area contributed by atoms with Crippen molar-refractivity contribution in [2.75, 3.05) is 12.4 Å². The van der Waals surface area contributed by atoms with Crippen LogP contribution in [0.25, 0.3) is 0 Å². The van der Waals surface area contributed by atoms with E-state index in [4.69, 9.17) is 16.3 Å². The molecule has 2 aromatic rings. The van der Waals surface area contributed by atoms with E-state index in [9.17, 15) is 0 Å². The van der Waals surface area contributed by atoms with Crippen molar-refractivity contribution in [3.05, 3.63) is 46.2 Å². The molecular formula is C14H16ClN3O. The average molecular weight is 278 g/mol. The molecule has 100 valence electrons. The third-order valence-corrected chi connectivity index (χ3v) is 3.14. The minimum Gasteiger partial charge on any atom is -0.472 e. The van der Waals surface area contributed by atoms with E-state index >= 15 is 0 Å². The molecule has 4 nitrogen and oxygen atoms in total. The van der Waals surface area contributed by atoms with E-state index in [1.165, 1.54) is 0 Å². The van der Waals surface area contributed by atoms with Crippen molar-refractivity contribution in [2.45, 2.75) is 20.5 Å². The first-order chi connectivity index (χ1) is 9.11. The van der Waals surface area contributed by atoms with E-state index in [0.29, 0.717) is 23.3 Å². The van der Waals surface area contributed by atoms with E-state index in [2.05, 4.69) is 15.3 Å². The summed E-state index contributed by atoms with van der Waals surface area (Å²) in [5.41, 5.74) is 1.82. The van der Waals surface area contributed by atoms with Gasteiger partial charge in [-0.15, -0.1) is 0 Å². The van der Waals surface area contributed by atoms with Gasteiger partial charge in [-0.3, -0.25) is 0 Å². The number of halogens is 1. The summed E-state index contributed by atoms with van der Waals surface area (Å²) in [6.45, 7) is 4.15. The predicted octanol–water partition coefficient (Wildman–Crippen LogP) is 3.37. The van der Waals surface area contributed by atoms with Gasteiger partial charge in [-0.25, -0.2) is 4.98 Å². The number of aryl methyl sites for hydroxylation is 1. The lowest BCUT2D eigenvalue weighted by molar-refractivity contribution is 0.290. The van der Waals surface area contributed by atoms with Crippen LogP contribution in [0, 0.1) is 13.8 Å². The molecule has 2 rings (SSSR count). The average Bonchev–Trinajstić information content (AvgIpc) is 2.41. The number of anilines is 1. The summed E-state index contributed by atoms with van der Waals surface area (Å²) in [5, 5.41) is 3.72. The second-order valence-electron chi connectivity index (χ2n) is 4.18. The third-order valence-electron chi connectivity index (χ3n) is 2.77. The van der Waals surface area contributed by atoms with Crippen molar-refractivity contribution >= 4 is 17.4 Å². The van der Waals surface area contributed by atoms with E-state index in [-0.39, 0.29) is 0 Å². The van der Waals surface area contributed by atoms with E-state index in [0.717, 1.165) is 16.9 Å². The van der Waals surface area contributed by atoms with Crippen molar-refractivity contribution < 1.29 is 4.74 Å². The number of nitrogens with zero attached hydrogens (tertiary/aromatic N) is 2. The largest absolute Gasteiger partial charge is 0.472 e. The molecule has 0 bridgehead atoms. The topological polar surface area (TPSA) is 47.0 Å². The maximum Gasteiger partial charge on any atom is 0.222 e. The SMILES string of the molecule is CNc1nc(C)nc(OCc2ccccc2Cl)c1C. The lowest BCUT2D eigenvalue weighted by atomic mass is 10.2. The Morgan fingerprint density at radius 1 is 1.21 bits per heavy atom. The Morgan fingerprint density at radius 3 is 2.63 bits per heavy atom. The monoisotopic (exact) mass is 277 g/mol. The van der Waals surface area contributed by atoms with Crippen LogP contribution in [0.3, 0.4) is 0 Å². The lowest BCUT2D eigenvalue weighted by Gasteiger charge is -2.12. The standard InChI is InChI=1S/C14H16ClN3O/c1-9-13(16-3)17-10(2)18-14(9)19-8-11-6-4-5-7-12(11)15/h4-7H,8H2,1-3H3,(H,16,17,18). The smallest absolute Gasteiger partial charge is 0.222 e. The highest BCUT2D eigenvalue weighted by Gasteiger charge is 2.10. The van der Waals surface area contributed by atoms with Crippen LogP contribution in [-0.4, -0.2) is 17.0 Å². The first-order valence-corrected chi connectivity index (χ1v) is 6.39. The first-order valence-electron chi connectivity index (χ1n) is 6.01. The normalized spacial score (nSPS) is 10.3. The Bertz CT molecular complexity index is 587. The van der Waals surface area contributed by atoms with Crippen molar-refractivity contribution in [1.82, 2.24) is 9.97 Å². The van der Waals surface area contributed by atoms with Crippen LogP contribution < -0.4 is 10.1 Å². The Hall–Kier alpha value is -1.81. The molecule has 1 N–H and O–H groups in total. The summed E-state index contributed by atoms with van der Waals surface area (Å²) >= 11 is 6.09. The molecule has 0 amide bonds. The van der Waals surface area contributed by atoms with Gasteiger partial charge in [0.15, 0.2) is 0 Å². The van der Waals surface area contributed by atoms with Crippen molar-refractivity contribution in [2.24, 2.45) is 0 Å². The number of hydrogen-bond donors (Lipinski definition) is 1. The fraction of sp³-hybridized carbons (Fsp3) is 0.286. The van der Waals surface area contributed by atoms with Gasteiger partial charge in [0.2, 0.25) is 5.88 Å². The lowest BCUT2D eigenvalue weighted by Crippen LogP contribution is -2.05. The zero-order chi connectivity index (χ0) is 13.8. The van der Waals surface area contributed by atoms with Crippen molar-refractivity contribution in [3.8, 4) is 5.88 Å². The highest BCUT2D eigenvalue weighted by Crippen LogP contribution is 2.23. The molecule has 0 aliphatic carbocycles. The van der Waals surface area contributed by atoms with Gasteiger partial charge < -0.3 is 10.1 Å². The third kappa shape index (κ3) is 3.15. The molecule has 1 aromatic carbocycles. The summed E-state index contributed by atoms with van der Waals surface area (Å²) in [6, 6.07) is 7.61. The Morgan fingerprint density at radius 2 is 1.95 bits per heavy atom. The Labute approximate surface area is 117 Å². The van der Waals surface area contributed by atoms with Gasteiger partial charge in [-0.05, 0) is 19.9 Å². The van der Waals surface area contributed by atoms with Gasteiger partial charge in [0.05, 0.1) is 5.56 Å². The molecule has 0 fully saturated rings. The molecule has 0 aliphatic heterocycles. The Kier molecular flexibility index (Phi) is 4.22. The van der Waals surface area contributed by atoms with Gasteiger partial charge in [0.1, 0.15) is 18.2 Å².